The molecule has 1 aliphatic rings. The number of ether oxygens (including phenoxy) is 1. The van der Waals surface area contributed by atoms with Gasteiger partial charge < -0.3 is 19.9 Å². The summed E-state index contributed by atoms with van der Waals surface area (Å²) in [6.45, 7) is 11.7. The van der Waals surface area contributed by atoms with E-state index in [-0.39, 0.29) is 42.0 Å². The van der Waals surface area contributed by atoms with Gasteiger partial charge in [0.1, 0.15) is 11.6 Å². The maximum Gasteiger partial charge on any atom is 0.407 e. The Hall–Kier alpha value is -2.84. The lowest BCUT2D eigenvalue weighted by Crippen LogP contribution is -2.38. The van der Waals surface area contributed by atoms with Crippen LogP contribution in [0.3, 0.4) is 0 Å². The molecule has 0 bridgehead atoms. The van der Waals surface area contributed by atoms with E-state index < -0.39 is 0 Å². The fourth-order valence-electron chi connectivity index (χ4n) is 3.99. The smallest absolute Gasteiger partial charge is 0.407 e. The van der Waals surface area contributed by atoms with Gasteiger partial charge in [-0.05, 0) is 67.2 Å². The van der Waals surface area contributed by atoms with Crippen LogP contribution in [0.4, 0.5) is 10.6 Å². The average Bonchev–Trinajstić information content (AvgIpc) is 3.27. The largest absolute Gasteiger partial charge is 0.447 e. The zero-order chi connectivity index (χ0) is 23.5. The third-order valence-corrected chi connectivity index (χ3v) is 5.45. The molecule has 1 aliphatic carbocycles. The first kappa shape index (κ1) is 23.8. The Morgan fingerprint density at radius 2 is 1.91 bits per heavy atom. The number of carbonyl (C=O) groups is 2. The van der Waals surface area contributed by atoms with Gasteiger partial charge in [0.2, 0.25) is 5.91 Å². The summed E-state index contributed by atoms with van der Waals surface area (Å²) < 4.78 is 12.2. The Balaban J connectivity index is 1.64. The molecule has 2 N–H and O–H groups in total. The maximum absolute atomic E-state index is 12.6. The van der Waals surface area contributed by atoms with Gasteiger partial charge in [-0.2, -0.15) is 5.10 Å². The van der Waals surface area contributed by atoms with E-state index in [1.165, 1.54) is 0 Å². The Morgan fingerprint density at radius 3 is 2.47 bits per heavy atom. The van der Waals surface area contributed by atoms with E-state index in [9.17, 15) is 9.59 Å². The van der Waals surface area contributed by atoms with Crippen LogP contribution in [0, 0.1) is 6.92 Å². The molecule has 0 aromatic carbocycles. The molecule has 2 aromatic rings. The summed E-state index contributed by atoms with van der Waals surface area (Å²) >= 11 is 0. The van der Waals surface area contributed by atoms with Crippen LogP contribution < -0.4 is 10.6 Å². The van der Waals surface area contributed by atoms with E-state index in [0.29, 0.717) is 11.6 Å². The van der Waals surface area contributed by atoms with E-state index in [1.54, 1.807) is 6.07 Å². The highest BCUT2D eigenvalue weighted by molar-refractivity contribution is 5.91. The molecule has 1 saturated carbocycles. The van der Waals surface area contributed by atoms with Gasteiger partial charge in [-0.3, -0.25) is 4.79 Å². The molecule has 176 valence electrons. The number of carbonyl (C=O) groups excluding carboxylic acids is 2. The molecule has 9 heteroatoms. The molecule has 2 amide bonds. The lowest BCUT2D eigenvalue weighted by Gasteiger charge is -2.28. The molecule has 0 spiro atoms. The highest BCUT2D eigenvalue weighted by Crippen LogP contribution is 2.35. The van der Waals surface area contributed by atoms with Gasteiger partial charge in [-0.1, -0.05) is 5.16 Å². The summed E-state index contributed by atoms with van der Waals surface area (Å²) in [7, 11) is 0. The number of amides is 2. The molecule has 2 aromatic heterocycles. The Morgan fingerprint density at radius 1 is 1.22 bits per heavy atom. The normalized spacial score (nSPS) is 19.1. The van der Waals surface area contributed by atoms with Crippen molar-refractivity contribution in [1.82, 2.24) is 20.3 Å². The van der Waals surface area contributed by atoms with Crippen molar-refractivity contribution in [2.45, 2.75) is 97.2 Å². The second-order valence-corrected chi connectivity index (χ2v) is 9.84. The molecule has 0 unspecified atom stereocenters. The number of aryl methyl sites for hydroxylation is 1. The highest BCUT2D eigenvalue weighted by Gasteiger charge is 2.29. The van der Waals surface area contributed by atoms with E-state index in [0.717, 1.165) is 37.1 Å². The predicted octanol–water partition coefficient (Wildman–Crippen LogP) is 4.28. The molecule has 3 rings (SSSR count). The summed E-state index contributed by atoms with van der Waals surface area (Å²) in [5.74, 6) is 1.32. The zero-order valence-corrected chi connectivity index (χ0v) is 19.9. The molecule has 0 radical (unpaired) electrons. The number of nitrogens with one attached hydrogen (secondary N) is 2. The number of anilines is 1. The predicted molar refractivity (Wildman–Crippen MR) is 121 cm³/mol. The maximum atomic E-state index is 12.6. The quantitative estimate of drug-likeness (QED) is 0.687. The monoisotopic (exact) mass is 445 g/mol. The van der Waals surface area contributed by atoms with Gasteiger partial charge in [0, 0.05) is 24.1 Å². The first-order chi connectivity index (χ1) is 15.0. The van der Waals surface area contributed by atoms with E-state index in [1.807, 2.05) is 31.5 Å². The van der Waals surface area contributed by atoms with Crippen molar-refractivity contribution < 1.29 is 18.8 Å². The SMILES string of the molecule is Cc1cc(CC(=O)Nc2cc(C3CCC(NC(=O)OC(C)C)CC3)nn2C(C)(C)C)on1. The van der Waals surface area contributed by atoms with Crippen molar-refractivity contribution in [2.75, 3.05) is 5.32 Å². The summed E-state index contributed by atoms with van der Waals surface area (Å²) in [5.41, 5.74) is 1.43. The second kappa shape index (κ2) is 9.75. The van der Waals surface area contributed by atoms with Crippen LogP contribution in [0.5, 0.6) is 0 Å². The van der Waals surface area contributed by atoms with Gasteiger partial charge in [-0.15, -0.1) is 0 Å². The molecular formula is C23H35N5O4. The van der Waals surface area contributed by atoms with Gasteiger partial charge in [-0.25, -0.2) is 9.48 Å². The number of nitrogens with zero attached hydrogens (tertiary/aromatic N) is 3. The van der Waals surface area contributed by atoms with Crippen molar-refractivity contribution in [3.8, 4) is 0 Å². The van der Waals surface area contributed by atoms with Crippen molar-refractivity contribution in [3.63, 3.8) is 0 Å². The molecule has 2 heterocycles. The summed E-state index contributed by atoms with van der Waals surface area (Å²) in [5, 5.41) is 14.6. The van der Waals surface area contributed by atoms with Gasteiger partial charge >= 0.3 is 6.09 Å². The fraction of sp³-hybridized carbons (Fsp3) is 0.652. The molecule has 0 aliphatic heterocycles. The number of aromatic nitrogens is 3. The van der Waals surface area contributed by atoms with E-state index in [2.05, 4.69) is 36.6 Å². The van der Waals surface area contributed by atoms with Crippen LogP contribution in [0.1, 0.15) is 83.4 Å². The Kier molecular flexibility index (Phi) is 7.26. The standard InChI is InChI=1S/C23H35N5O4/c1-14(2)31-22(30)24-17-9-7-16(8-10-17)19-13-20(28(26-19)23(4,5)6)25-21(29)12-18-11-15(3)27-32-18/h11,13-14,16-17H,7-10,12H2,1-6H3,(H,24,30)(H,25,29). The van der Waals surface area contributed by atoms with Crippen LogP contribution >= 0.6 is 0 Å². The first-order valence-electron chi connectivity index (χ1n) is 11.3. The minimum absolute atomic E-state index is 0.117. The third-order valence-electron chi connectivity index (χ3n) is 5.45. The average molecular weight is 446 g/mol. The van der Waals surface area contributed by atoms with Crippen LogP contribution in [-0.2, 0) is 21.5 Å². The van der Waals surface area contributed by atoms with E-state index in [4.69, 9.17) is 14.4 Å². The lowest BCUT2D eigenvalue weighted by molar-refractivity contribution is -0.115. The number of alkyl carbamates (subject to hydrolysis) is 1. The summed E-state index contributed by atoms with van der Waals surface area (Å²) in [6, 6.07) is 3.85. The van der Waals surface area contributed by atoms with Gasteiger partial charge in [0.25, 0.3) is 0 Å². The topological polar surface area (TPSA) is 111 Å². The molecule has 0 saturated heterocycles. The molecule has 32 heavy (non-hydrogen) atoms. The fourth-order valence-corrected chi connectivity index (χ4v) is 3.99. The Bertz CT molecular complexity index is 933. The second-order valence-electron chi connectivity index (χ2n) is 9.84. The van der Waals surface area contributed by atoms with E-state index >= 15 is 0 Å². The van der Waals surface area contributed by atoms with Crippen LogP contribution in [-0.4, -0.2) is 39.1 Å². The van der Waals surface area contributed by atoms with Crippen molar-refractivity contribution in [1.29, 1.82) is 0 Å². The molecule has 9 nitrogen and oxygen atoms in total. The van der Waals surface area contributed by atoms with Gasteiger partial charge in [0.15, 0.2) is 0 Å². The Labute approximate surface area is 189 Å². The van der Waals surface area contributed by atoms with Crippen LogP contribution in [0.2, 0.25) is 0 Å². The summed E-state index contributed by atoms with van der Waals surface area (Å²) in [6.07, 6.45) is 3.20. The highest BCUT2D eigenvalue weighted by atomic mass is 16.6. The number of rotatable bonds is 6. The molecular weight excluding hydrogens is 410 g/mol. The van der Waals surface area contributed by atoms with Crippen LogP contribution in [0.25, 0.3) is 0 Å². The number of hydrogen-bond acceptors (Lipinski definition) is 6. The molecule has 0 atom stereocenters. The first-order valence-corrected chi connectivity index (χ1v) is 11.3. The molecule has 1 fully saturated rings. The lowest BCUT2D eigenvalue weighted by atomic mass is 9.84. The van der Waals surface area contributed by atoms with Gasteiger partial charge in [0.05, 0.1) is 29.5 Å². The van der Waals surface area contributed by atoms with Crippen molar-refractivity contribution in [2.24, 2.45) is 0 Å². The minimum Gasteiger partial charge on any atom is -0.447 e. The summed E-state index contributed by atoms with van der Waals surface area (Å²) in [4.78, 5) is 24.5. The third kappa shape index (κ3) is 6.34. The minimum atomic E-state index is -0.354. The zero-order valence-electron chi connectivity index (χ0n) is 19.9. The van der Waals surface area contributed by atoms with Crippen LogP contribution in [0.15, 0.2) is 16.7 Å². The number of hydrogen-bond donors (Lipinski definition) is 2. The van der Waals surface area contributed by atoms with Crippen molar-refractivity contribution in [3.05, 3.63) is 29.3 Å². The van der Waals surface area contributed by atoms with Crippen molar-refractivity contribution >= 4 is 17.8 Å².